The number of nitrogens with zero attached hydrogens (tertiary/aromatic N) is 2. The van der Waals surface area contributed by atoms with Crippen molar-refractivity contribution >= 4 is 40.4 Å². The maximum atomic E-state index is 12.5. The summed E-state index contributed by atoms with van der Waals surface area (Å²) in [5, 5.41) is 5.56. The number of carbonyl (C=O) groups is 2. The molecule has 1 aliphatic rings. The fourth-order valence-electron chi connectivity index (χ4n) is 3.19. The number of H-pyrrole nitrogens is 1. The van der Waals surface area contributed by atoms with Crippen LogP contribution in [-0.4, -0.2) is 45.7 Å². The molecule has 1 aliphatic heterocycles. The van der Waals surface area contributed by atoms with Gasteiger partial charge in [-0.25, -0.2) is 4.98 Å². The van der Waals surface area contributed by atoms with Crippen LogP contribution < -0.4 is 5.32 Å². The number of benzene rings is 1. The van der Waals surface area contributed by atoms with E-state index in [1.807, 2.05) is 46.8 Å². The molecule has 8 heteroatoms. The normalized spacial score (nSPS) is 13.7. The van der Waals surface area contributed by atoms with Crippen molar-refractivity contribution in [1.29, 1.82) is 0 Å². The Hall–Kier alpha value is -2.64. The Kier molecular flexibility index (Phi) is 5.45. The minimum atomic E-state index is -0.238. The molecule has 144 valence electrons. The second kappa shape index (κ2) is 8.16. The molecular formula is C20H19ClN4O2S. The molecule has 6 nitrogen and oxygen atoms in total. The number of nitrogens with one attached hydrogen (secondary N) is 2. The molecule has 1 aromatic carbocycles. The second-order valence-electron chi connectivity index (χ2n) is 6.60. The van der Waals surface area contributed by atoms with Crippen molar-refractivity contribution in [2.45, 2.75) is 12.8 Å². The Balaban J connectivity index is 1.48. The van der Waals surface area contributed by atoms with Gasteiger partial charge in [-0.15, -0.1) is 22.9 Å². The van der Waals surface area contributed by atoms with Crippen molar-refractivity contribution in [3.05, 3.63) is 47.6 Å². The summed E-state index contributed by atoms with van der Waals surface area (Å²) in [6, 6.07) is 9.33. The average Bonchev–Trinajstić information content (AvgIpc) is 3.49. The molecule has 2 aromatic heterocycles. The van der Waals surface area contributed by atoms with E-state index in [0.29, 0.717) is 11.4 Å². The average molecular weight is 415 g/mol. The standard InChI is InChI=1S/C20H19ClN4O2S/c21-10-18(26)23-15-5-3-13(4-6-15)19-24-17(12-28-19)14-9-16(22-11-14)20(27)25-7-1-2-8-25/h3-6,9,11-12,22H,1-2,7-8,10H2,(H,23,26). The maximum Gasteiger partial charge on any atom is 0.270 e. The number of likely N-dealkylation sites (tertiary alicyclic amines) is 1. The topological polar surface area (TPSA) is 78.1 Å². The first kappa shape index (κ1) is 18.7. The molecule has 3 aromatic rings. The molecule has 0 bridgehead atoms. The number of hydrogen-bond acceptors (Lipinski definition) is 4. The highest BCUT2D eigenvalue weighted by molar-refractivity contribution is 7.13. The molecule has 2 amide bonds. The molecule has 2 N–H and O–H groups in total. The molecular weight excluding hydrogens is 396 g/mol. The van der Waals surface area contributed by atoms with E-state index in [1.165, 1.54) is 11.3 Å². The van der Waals surface area contributed by atoms with E-state index in [4.69, 9.17) is 16.6 Å². The summed E-state index contributed by atoms with van der Waals surface area (Å²) < 4.78 is 0. The minimum absolute atomic E-state index is 0.0498. The smallest absolute Gasteiger partial charge is 0.270 e. The van der Waals surface area contributed by atoms with Crippen LogP contribution in [0.1, 0.15) is 23.3 Å². The van der Waals surface area contributed by atoms with Crippen LogP contribution in [0.2, 0.25) is 0 Å². The summed E-state index contributed by atoms with van der Waals surface area (Å²) in [5.74, 6) is -0.261. The first-order valence-corrected chi connectivity index (χ1v) is 10.5. The lowest BCUT2D eigenvalue weighted by Crippen LogP contribution is -2.27. The number of rotatable bonds is 5. The summed E-state index contributed by atoms with van der Waals surface area (Å²) >= 11 is 7.04. The van der Waals surface area contributed by atoms with E-state index in [1.54, 1.807) is 0 Å². The van der Waals surface area contributed by atoms with Crippen LogP contribution in [0.3, 0.4) is 0 Å². The SMILES string of the molecule is O=C(CCl)Nc1ccc(-c2nc(-c3c[nH]c(C(=O)N4CCCC4)c3)cs2)cc1. The van der Waals surface area contributed by atoms with Crippen molar-refractivity contribution in [3.63, 3.8) is 0 Å². The van der Waals surface area contributed by atoms with Gasteiger partial charge in [0.15, 0.2) is 0 Å². The lowest BCUT2D eigenvalue weighted by molar-refractivity contribution is -0.113. The van der Waals surface area contributed by atoms with Crippen LogP contribution in [0.5, 0.6) is 0 Å². The Labute approximate surface area is 171 Å². The number of anilines is 1. The van der Waals surface area contributed by atoms with Crippen LogP contribution in [0.25, 0.3) is 21.8 Å². The zero-order chi connectivity index (χ0) is 19.5. The highest BCUT2D eigenvalue weighted by Gasteiger charge is 2.21. The third-order valence-electron chi connectivity index (χ3n) is 4.64. The van der Waals surface area contributed by atoms with Crippen LogP contribution in [0, 0.1) is 0 Å². The van der Waals surface area contributed by atoms with E-state index in [-0.39, 0.29) is 17.7 Å². The van der Waals surface area contributed by atoms with Gasteiger partial charge in [-0.05, 0) is 43.2 Å². The molecule has 28 heavy (non-hydrogen) atoms. The highest BCUT2D eigenvalue weighted by Crippen LogP contribution is 2.30. The van der Waals surface area contributed by atoms with Gasteiger partial charge in [0.05, 0.1) is 5.69 Å². The first-order chi connectivity index (χ1) is 13.6. The lowest BCUT2D eigenvalue weighted by atomic mass is 10.2. The fourth-order valence-corrected chi connectivity index (χ4v) is 4.09. The van der Waals surface area contributed by atoms with Gasteiger partial charge < -0.3 is 15.2 Å². The largest absolute Gasteiger partial charge is 0.357 e. The van der Waals surface area contributed by atoms with Gasteiger partial charge in [-0.1, -0.05) is 0 Å². The minimum Gasteiger partial charge on any atom is -0.357 e. The molecule has 0 aliphatic carbocycles. The van der Waals surface area contributed by atoms with Gasteiger partial charge in [0.2, 0.25) is 5.91 Å². The molecule has 1 fully saturated rings. The van der Waals surface area contributed by atoms with Gasteiger partial charge in [-0.2, -0.15) is 0 Å². The summed E-state index contributed by atoms with van der Waals surface area (Å²) in [5.41, 5.74) is 3.99. The number of hydrogen-bond donors (Lipinski definition) is 2. The van der Waals surface area contributed by atoms with E-state index in [2.05, 4.69) is 10.3 Å². The molecule has 0 saturated carbocycles. The number of aromatic amines is 1. The predicted molar refractivity (Wildman–Crippen MR) is 112 cm³/mol. The maximum absolute atomic E-state index is 12.5. The number of alkyl halides is 1. The predicted octanol–water partition coefficient (Wildman–Crippen LogP) is 4.22. The number of thiazole rings is 1. The van der Waals surface area contributed by atoms with E-state index in [9.17, 15) is 9.59 Å². The fraction of sp³-hybridized carbons (Fsp3) is 0.250. The van der Waals surface area contributed by atoms with Gasteiger partial charge in [0.1, 0.15) is 16.6 Å². The zero-order valence-corrected chi connectivity index (χ0v) is 16.6. The summed E-state index contributed by atoms with van der Waals surface area (Å²) in [6.07, 6.45) is 3.97. The van der Waals surface area contributed by atoms with E-state index in [0.717, 1.165) is 47.8 Å². The van der Waals surface area contributed by atoms with Gasteiger partial charge in [0.25, 0.3) is 5.91 Å². The summed E-state index contributed by atoms with van der Waals surface area (Å²) in [4.78, 5) is 33.5. The number of carbonyl (C=O) groups excluding carboxylic acids is 2. The number of amides is 2. The van der Waals surface area contributed by atoms with E-state index < -0.39 is 0 Å². The lowest BCUT2D eigenvalue weighted by Gasteiger charge is -2.13. The van der Waals surface area contributed by atoms with Gasteiger partial charge in [0, 0.05) is 41.5 Å². The van der Waals surface area contributed by atoms with Crippen LogP contribution in [0.4, 0.5) is 5.69 Å². The summed E-state index contributed by atoms with van der Waals surface area (Å²) in [6.45, 7) is 1.66. The quantitative estimate of drug-likeness (QED) is 0.613. The number of aromatic nitrogens is 2. The third-order valence-corrected chi connectivity index (χ3v) is 5.78. The molecule has 4 rings (SSSR count). The number of halogens is 1. The Morgan fingerprint density at radius 1 is 1.18 bits per heavy atom. The highest BCUT2D eigenvalue weighted by atomic mass is 35.5. The zero-order valence-electron chi connectivity index (χ0n) is 15.1. The molecule has 0 spiro atoms. The Bertz CT molecular complexity index is 990. The molecule has 0 unspecified atom stereocenters. The monoisotopic (exact) mass is 414 g/mol. The van der Waals surface area contributed by atoms with Gasteiger partial charge >= 0.3 is 0 Å². The van der Waals surface area contributed by atoms with E-state index >= 15 is 0 Å². The van der Waals surface area contributed by atoms with Crippen molar-refractivity contribution in [1.82, 2.24) is 14.9 Å². The second-order valence-corrected chi connectivity index (χ2v) is 7.72. The van der Waals surface area contributed by atoms with Crippen molar-refractivity contribution < 1.29 is 9.59 Å². The third kappa shape index (κ3) is 3.95. The Morgan fingerprint density at radius 3 is 2.64 bits per heavy atom. The molecule has 0 atom stereocenters. The van der Waals surface area contributed by atoms with Crippen molar-refractivity contribution in [2.24, 2.45) is 0 Å². The molecule has 1 saturated heterocycles. The van der Waals surface area contributed by atoms with Crippen molar-refractivity contribution in [2.75, 3.05) is 24.3 Å². The van der Waals surface area contributed by atoms with Crippen molar-refractivity contribution in [3.8, 4) is 21.8 Å². The molecule has 3 heterocycles. The summed E-state index contributed by atoms with van der Waals surface area (Å²) in [7, 11) is 0. The Morgan fingerprint density at radius 2 is 1.93 bits per heavy atom. The van der Waals surface area contributed by atoms with Crippen LogP contribution >= 0.6 is 22.9 Å². The van der Waals surface area contributed by atoms with Gasteiger partial charge in [-0.3, -0.25) is 9.59 Å². The van der Waals surface area contributed by atoms with Crippen LogP contribution in [0.15, 0.2) is 41.9 Å². The first-order valence-electron chi connectivity index (χ1n) is 9.04. The van der Waals surface area contributed by atoms with Crippen LogP contribution in [-0.2, 0) is 4.79 Å². The molecule has 0 radical (unpaired) electrons.